The first-order valence-electron chi connectivity index (χ1n) is 10.4. The molecule has 0 fully saturated rings. The molecule has 9 heteroatoms. The third kappa shape index (κ3) is 5.38. The molecule has 170 valence electrons. The topological polar surface area (TPSA) is 110 Å². The highest BCUT2D eigenvalue weighted by Crippen LogP contribution is 2.29. The Morgan fingerprint density at radius 1 is 1.15 bits per heavy atom. The summed E-state index contributed by atoms with van der Waals surface area (Å²) in [5.74, 6) is -0.283. The Hall–Kier alpha value is -3.72. The molecule has 2 amide bonds. The quantitative estimate of drug-likeness (QED) is 0.400. The highest BCUT2D eigenvalue weighted by Gasteiger charge is 2.21. The standard InChI is InChI=1S/C24H23N3O5S/c28-22(29)13-19(15-7-8-20-16(12-15)9-11-32-20)26-24(31)25-18-5-3-10-27(23(18)30)14-17-4-1-2-6-21(17)33/h1-8,10,12,19,33H,9,11,13-14H2,(H,28,29)(H2,25,26,31)/t19-/m0/s1. The third-order valence-corrected chi connectivity index (χ3v) is 5.84. The molecule has 1 atom stereocenters. The van der Waals surface area contributed by atoms with Crippen LogP contribution < -0.4 is 20.9 Å². The Bertz CT molecular complexity index is 1260. The van der Waals surface area contributed by atoms with Gasteiger partial charge in [0.15, 0.2) is 0 Å². The van der Waals surface area contributed by atoms with Crippen LogP contribution in [-0.4, -0.2) is 28.3 Å². The molecule has 0 saturated carbocycles. The molecule has 0 spiro atoms. The van der Waals surface area contributed by atoms with E-state index in [2.05, 4.69) is 23.3 Å². The van der Waals surface area contributed by atoms with Crippen LogP contribution >= 0.6 is 12.6 Å². The first-order valence-corrected chi connectivity index (χ1v) is 10.9. The number of aliphatic carboxylic acids is 1. The normalized spacial score (nSPS) is 13.0. The molecule has 2 aromatic carbocycles. The van der Waals surface area contributed by atoms with Crippen LogP contribution in [0.1, 0.15) is 29.2 Å². The number of urea groups is 1. The summed E-state index contributed by atoms with van der Waals surface area (Å²) >= 11 is 4.42. The van der Waals surface area contributed by atoms with Gasteiger partial charge in [-0.1, -0.05) is 24.3 Å². The number of fused-ring (bicyclic) bond motifs is 1. The summed E-state index contributed by atoms with van der Waals surface area (Å²) in [7, 11) is 0. The van der Waals surface area contributed by atoms with Gasteiger partial charge in [0.2, 0.25) is 0 Å². The Labute approximate surface area is 195 Å². The van der Waals surface area contributed by atoms with Gasteiger partial charge < -0.3 is 25.0 Å². The molecule has 0 aliphatic carbocycles. The smallest absolute Gasteiger partial charge is 0.319 e. The average Bonchev–Trinajstić information content (AvgIpc) is 3.25. The van der Waals surface area contributed by atoms with E-state index in [9.17, 15) is 19.5 Å². The zero-order valence-corrected chi connectivity index (χ0v) is 18.5. The maximum Gasteiger partial charge on any atom is 0.319 e. The van der Waals surface area contributed by atoms with Crippen molar-refractivity contribution >= 4 is 30.3 Å². The lowest BCUT2D eigenvalue weighted by Crippen LogP contribution is -2.36. The van der Waals surface area contributed by atoms with E-state index >= 15 is 0 Å². The van der Waals surface area contributed by atoms with E-state index in [1.807, 2.05) is 30.3 Å². The van der Waals surface area contributed by atoms with E-state index in [1.165, 1.54) is 10.6 Å². The highest BCUT2D eigenvalue weighted by atomic mass is 32.1. The Morgan fingerprint density at radius 2 is 1.97 bits per heavy atom. The van der Waals surface area contributed by atoms with Gasteiger partial charge in [-0.15, -0.1) is 12.6 Å². The lowest BCUT2D eigenvalue weighted by atomic mass is 10.0. The van der Waals surface area contributed by atoms with Crippen molar-refractivity contribution in [3.63, 3.8) is 0 Å². The number of hydrogen-bond donors (Lipinski definition) is 4. The van der Waals surface area contributed by atoms with Crippen LogP contribution in [0.25, 0.3) is 0 Å². The monoisotopic (exact) mass is 465 g/mol. The minimum absolute atomic E-state index is 0.0862. The molecule has 0 unspecified atom stereocenters. The molecule has 33 heavy (non-hydrogen) atoms. The summed E-state index contributed by atoms with van der Waals surface area (Å²) in [4.78, 5) is 37.7. The summed E-state index contributed by atoms with van der Waals surface area (Å²) < 4.78 is 6.96. The van der Waals surface area contributed by atoms with Crippen molar-refractivity contribution in [2.45, 2.75) is 30.3 Å². The molecule has 4 rings (SSSR count). The molecule has 1 aliphatic rings. The van der Waals surface area contributed by atoms with Gasteiger partial charge in [-0.25, -0.2) is 4.79 Å². The minimum atomic E-state index is -1.05. The van der Waals surface area contributed by atoms with E-state index in [-0.39, 0.29) is 17.7 Å². The van der Waals surface area contributed by atoms with Crippen LogP contribution in [0.2, 0.25) is 0 Å². The number of amides is 2. The molecule has 2 heterocycles. The number of carboxylic acid groups (broad SMARTS) is 1. The van der Waals surface area contributed by atoms with Crippen molar-refractivity contribution in [1.29, 1.82) is 0 Å². The molecule has 3 N–H and O–H groups in total. The van der Waals surface area contributed by atoms with Crippen LogP contribution in [0, 0.1) is 0 Å². The summed E-state index contributed by atoms with van der Waals surface area (Å²) in [5.41, 5.74) is 2.21. The predicted octanol–water partition coefficient (Wildman–Crippen LogP) is 3.46. The van der Waals surface area contributed by atoms with Crippen molar-refractivity contribution in [3.8, 4) is 5.75 Å². The van der Waals surface area contributed by atoms with Gasteiger partial charge in [0.05, 0.1) is 25.6 Å². The molecule has 1 aromatic heterocycles. The van der Waals surface area contributed by atoms with E-state index < -0.39 is 18.0 Å². The second kappa shape index (κ2) is 9.83. The SMILES string of the molecule is O=C(O)C[C@H](NC(=O)Nc1cccn(Cc2ccccc2S)c1=O)c1ccc2c(c1)CCO2. The maximum atomic E-state index is 12.9. The number of nitrogens with one attached hydrogen (secondary N) is 2. The summed E-state index contributed by atoms with van der Waals surface area (Å²) in [6.07, 6.45) is 2.06. The van der Waals surface area contributed by atoms with Gasteiger partial charge in [0.25, 0.3) is 5.56 Å². The van der Waals surface area contributed by atoms with Gasteiger partial charge in [0.1, 0.15) is 11.4 Å². The van der Waals surface area contributed by atoms with Crippen LogP contribution in [-0.2, 0) is 17.8 Å². The summed E-state index contributed by atoms with van der Waals surface area (Å²) in [5, 5.41) is 14.6. The number of anilines is 1. The van der Waals surface area contributed by atoms with Crippen molar-refractivity contribution in [2.24, 2.45) is 0 Å². The molecule has 0 saturated heterocycles. The minimum Gasteiger partial charge on any atom is -0.493 e. The van der Waals surface area contributed by atoms with Crippen LogP contribution in [0.3, 0.4) is 0 Å². The molecule has 8 nitrogen and oxygen atoms in total. The fraction of sp³-hybridized carbons (Fsp3) is 0.208. The molecular formula is C24H23N3O5S. The highest BCUT2D eigenvalue weighted by molar-refractivity contribution is 7.80. The number of pyridine rings is 1. The molecule has 1 aliphatic heterocycles. The predicted molar refractivity (Wildman–Crippen MR) is 126 cm³/mol. The van der Waals surface area contributed by atoms with Crippen LogP contribution in [0.5, 0.6) is 5.75 Å². The largest absolute Gasteiger partial charge is 0.493 e. The zero-order valence-electron chi connectivity index (χ0n) is 17.7. The van der Waals surface area contributed by atoms with E-state index in [1.54, 1.807) is 24.4 Å². The van der Waals surface area contributed by atoms with Crippen LogP contribution in [0.15, 0.2) is 70.5 Å². The van der Waals surface area contributed by atoms with Gasteiger partial charge >= 0.3 is 12.0 Å². The second-order valence-corrected chi connectivity index (χ2v) is 8.18. The van der Waals surface area contributed by atoms with E-state index in [4.69, 9.17) is 4.74 Å². The zero-order chi connectivity index (χ0) is 23.4. The number of nitrogens with zero attached hydrogens (tertiary/aromatic N) is 1. The van der Waals surface area contributed by atoms with Gasteiger partial charge in [-0.2, -0.15) is 0 Å². The first kappa shape index (κ1) is 22.5. The number of rotatable bonds is 7. The van der Waals surface area contributed by atoms with Gasteiger partial charge in [-0.3, -0.25) is 9.59 Å². The summed E-state index contributed by atoms with van der Waals surface area (Å²) in [6.45, 7) is 0.878. The van der Waals surface area contributed by atoms with Crippen molar-refractivity contribution in [2.75, 3.05) is 11.9 Å². The van der Waals surface area contributed by atoms with Crippen molar-refractivity contribution < 1.29 is 19.4 Å². The fourth-order valence-corrected chi connectivity index (χ4v) is 3.98. The number of carbonyl (C=O) groups excluding carboxylic acids is 1. The van der Waals surface area contributed by atoms with Crippen molar-refractivity contribution in [3.05, 3.63) is 87.8 Å². The van der Waals surface area contributed by atoms with E-state index in [0.29, 0.717) is 18.7 Å². The fourth-order valence-electron chi connectivity index (χ4n) is 3.75. The van der Waals surface area contributed by atoms with Crippen LogP contribution in [0.4, 0.5) is 10.5 Å². The summed E-state index contributed by atoms with van der Waals surface area (Å²) in [6, 6.07) is 14.5. The molecule has 3 aromatic rings. The second-order valence-electron chi connectivity index (χ2n) is 7.70. The first-order chi connectivity index (χ1) is 15.9. The number of aromatic nitrogens is 1. The average molecular weight is 466 g/mol. The Morgan fingerprint density at radius 3 is 2.76 bits per heavy atom. The number of carboxylic acids is 1. The number of thiol groups is 1. The van der Waals surface area contributed by atoms with Gasteiger partial charge in [-0.05, 0) is 47.0 Å². The number of hydrogen-bond acceptors (Lipinski definition) is 5. The number of benzene rings is 2. The molecular weight excluding hydrogens is 442 g/mol. The number of carbonyl (C=O) groups is 2. The molecule has 0 radical (unpaired) electrons. The molecule has 0 bridgehead atoms. The van der Waals surface area contributed by atoms with E-state index in [0.717, 1.165) is 28.2 Å². The Kier molecular flexibility index (Phi) is 6.69. The number of ether oxygens (including phenoxy) is 1. The van der Waals surface area contributed by atoms with Crippen molar-refractivity contribution in [1.82, 2.24) is 9.88 Å². The maximum absolute atomic E-state index is 12.9. The Balaban J connectivity index is 1.50. The van der Waals surface area contributed by atoms with Gasteiger partial charge in [0, 0.05) is 17.5 Å². The lowest BCUT2D eigenvalue weighted by molar-refractivity contribution is -0.137. The lowest BCUT2D eigenvalue weighted by Gasteiger charge is -2.19. The third-order valence-electron chi connectivity index (χ3n) is 5.40.